The summed E-state index contributed by atoms with van der Waals surface area (Å²) in [5, 5.41) is 0. The Morgan fingerprint density at radius 3 is 1.33 bits per heavy atom. The first kappa shape index (κ1) is 18.0. The Hall–Kier alpha value is -0.00351. The van der Waals surface area contributed by atoms with Crippen LogP contribution < -0.4 is 0 Å². The third-order valence-electron chi connectivity index (χ3n) is 1.78. The molecule has 1 aliphatic rings. The second-order valence-electron chi connectivity index (χ2n) is 6.34. The Labute approximate surface area is 102 Å². The van der Waals surface area contributed by atoms with Crippen molar-refractivity contribution in [3.8, 4) is 0 Å². The van der Waals surface area contributed by atoms with Gasteiger partial charge in [-0.25, -0.2) is 0 Å². The molecular weight excluding hydrogens is 324 g/mol. The van der Waals surface area contributed by atoms with Crippen molar-refractivity contribution in [3.63, 3.8) is 0 Å². The van der Waals surface area contributed by atoms with Gasteiger partial charge in [0.05, 0.1) is 0 Å². The second kappa shape index (κ2) is 3.18. The van der Waals surface area contributed by atoms with Crippen molar-refractivity contribution in [3.05, 3.63) is 22.7 Å². The van der Waals surface area contributed by atoms with Crippen LogP contribution in [0, 0.1) is 0 Å². The molecule has 0 aromatic carbocycles. The van der Waals surface area contributed by atoms with Gasteiger partial charge in [0, 0.05) is 0 Å². The zero-order chi connectivity index (χ0) is 15.2. The number of hydrogen-bond donors (Lipinski definition) is 0. The van der Waals surface area contributed by atoms with Crippen LogP contribution in [-0.4, -0.2) is 0 Å². The molecule has 0 N–H and O–H groups in total. The number of rotatable bonds is 1. The van der Waals surface area contributed by atoms with E-state index in [1.54, 1.807) is 4.51 Å². The van der Waals surface area contributed by atoms with Crippen molar-refractivity contribution in [2.45, 2.75) is 35.7 Å². The fourth-order valence-electron chi connectivity index (χ4n) is 1.03. The van der Waals surface area contributed by atoms with Gasteiger partial charge in [0.1, 0.15) is 0 Å². The van der Waals surface area contributed by atoms with Gasteiger partial charge < -0.3 is 0 Å². The van der Waals surface area contributed by atoms with E-state index in [2.05, 4.69) is 47.5 Å². The molecule has 18 heavy (non-hydrogen) atoms. The molecule has 0 saturated heterocycles. The zero-order valence-electron chi connectivity index (χ0n) is 11.0. The third-order valence-corrected chi connectivity index (χ3v) is 5.51. The molecule has 1 aliphatic carbocycles. The molecule has 0 bridgehead atoms. The van der Waals surface area contributed by atoms with Crippen molar-refractivity contribution in [2.24, 2.45) is 0 Å². The molecule has 0 nitrogen and oxygen atoms in total. The Morgan fingerprint density at radius 1 is 0.889 bits per heavy atom. The van der Waals surface area contributed by atoms with E-state index in [4.69, 9.17) is 0 Å². The van der Waals surface area contributed by atoms with Gasteiger partial charge in [-0.1, -0.05) is 0 Å². The third kappa shape index (κ3) is 12.5. The van der Waals surface area contributed by atoms with Gasteiger partial charge in [-0.3, -0.25) is 0 Å². The van der Waals surface area contributed by atoms with Gasteiger partial charge >= 0.3 is 102 Å². The van der Waals surface area contributed by atoms with E-state index in [0.717, 1.165) is 0 Å². The summed E-state index contributed by atoms with van der Waals surface area (Å²) < 4.78 is 60.8. The average Bonchev–Trinajstić information content (AvgIpc) is 2.18. The molecule has 0 saturated carbocycles. The molecule has 0 radical (unpaired) electrons. The number of halogens is 6. The fourth-order valence-corrected chi connectivity index (χ4v) is 3.18. The van der Waals surface area contributed by atoms with E-state index in [1.807, 2.05) is 0 Å². The first-order valence-corrected chi connectivity index (χ1v) is 12.3. The van der Waals surface area contributed by atoms with Crippen molar-refractivity contribution in [1.82, 2.24) is 0 Å². The minimum atomic E-state index is -10.7. The molecule has 1 rings (SSSR count). The van der Waals surface area contributed by atoms with Crippen LogP contribution in [0.1, 0.15) is 6.42 Å². The molecule has 0 aromatic heterocycles. The molecule has 117 valence electrons. The van der Waals surface area contributed by atoms with Crippen LogP contribution in [0.25, 0.3) is 0 Å². The van der Waals surface area contributed by atoms with E-state index >= 15 is 0 Å². The Kier molecular flexibility index (Phi) is 3.18. The predicted molar refractivity (Wildman–Crippen MR) is 64.7 cm³/mol. The maximum atomic E-state index is 9.87. The van der Waals surface area contributed by atoms with Gasteiger partial charge in [0.2, 0.25) is 0 Å². The standard InChI is InChI=1S/C5H5.5CH3.Co.F6P/c1-2-4-5-3-1;;;;;;;1-7(2,3,4,5)6/h1-3H,4H2;5*1H3;;/q;;;;;;;-1. The molecule has 0 aromatic rings. The molecular formula is C10H20CoF6P-. The first-order chi connectivity index (χ1) is 7.04. The quantitative estimate of drug-likeness (QED) is 0.338. The summed E-state index contributed by atoms with van der Waals surface area (Å²) >= 11 is 0. The van der Waals surface area contributed by atoms with Crippen LogP contribution in [0.4, 0.5) is 25.2 Å². The minimum absolute atomic E-state index is 1.17. The van der Waals surface area contributed by atoms with Crippen molar-refractivity contribution < 1.29 is 35.7 Å². The van der Waals surface area contributed by atoms with E-state index in [9.17, 15) is 25.2 Å². The SMILES string of the molecule is F[P-](F)(F)(F)(F)F.[CH3][Co]([CH3])([CH3])([CH3])([CH3])[C]1=CC=CC1. The van der Waals surface area contributed by atoms with Crippen LogP contribution in [0.3, 0.4) is 0 Å². The van der Waals surface area contributed by atoms with Crippen molar-refractivity contribution >= 4 is 7.81 Å². The molecule has 0 unspecified atom stereocenters. The summed E-state index contributed by atoms with van der Waals surface area (Å²) in [6.45, 7) is 0. The van der Waals surface area contributed by atoms with Crippen LogP contribution in [0.15, 0.2) is 22.7 Å². The number of allylic oxidation sites excluding steroid dienone is 4. The molecule has 0 spiro atoms. The van der Waals surface area contributed by atoms with Gasteiger partial charge in [-0.05, 0) is 0 Å². The topological polar surface area (TPSA) is 0 Å². The summed E-state index contributed by atoms with van der Waals surface area (Å²) in [6.07, 6.45) is 7.91. The Bertz CT molecular complexity index is 393. The zero-order valence-corrected chi connectivity index (χ0v) is 12.9. The van der Waals surface area contributed by atoms with Crippen molar-refractivity contribution in [1.29, 1.82) is 0 Å². The Morgan fingerprint density at radius 2 is 1.22 bits per heavy atom. The van der Waals surface area contributed by atoms with E-state index < -0.39 is 18.3 Å². The molecule has 0 aliphatic heterocycles. The first-order valence-electron chi connectivity index (χ1n) is 4.56. The van der Waals surface area contributed by atoms with E-state index in [-0.39, 0.29) is 0 Å². The molecule has 0 heterocycles. The monoisotopic (exact) mass is 344 g/mol. The summed E-state index contributed by atoms with van der Waals surface area (Å²) in [7, 11) is -12.7. The van der Waals surface area contributed by atoms with Gasteiger partial charge in [-0.15, -0.1) is 0 Å². The molecule has 0 fully saturated rings. The summed E-state index contributed by atoms with van der Waals surface area (Å²) in [5.41, 5.74) is 0. The van der Waals surface area contributed by atoms with Gasteiger partial charge in [-0.2, -0.15) is 0 Å². The van der Waals surface area contributed by atoms with Crippen molar-refractivity contribution in [2.75, 3.05) is 0 Å². The normalized spacial score (nSPS) is 23.8. The molecule has 0 atom stereocenters. The summed E-state index contributed by atoms with van der Waals surface area (Å²) in [5.74, 6) is 12.2. The average molecular weight is 344 g/mol. The van der Waals surface area contributed by atoms with Crippen LogP contribution >= 0.6 is 7.81 Å². The second-order valence-corrected chi connectivity index (χ2v) is 21.9. The van der Waals surface area contributed by atoms with Crippen LogP contribution in [0.5, 0.6) is 0 Å². The van der Waals surface area contributed by atoms with Gasteiger partial charge in [0.15, 0.2) is 0 Å². The predicted octanol–water partition coefficient (Wildman–Crippen LogP) is 7.68. The number of hydrogen-bond acceptors (Lipinski definition) is 0. The van der Waals surface area contributed by atoms with Crippen LogP contribution in [0.2, 0.25) is 29.3 Å². The maximum absolute atomic E-state index is 10.7. The summed E-state index contributed by atoms with van der Waals surface area (Å²) in [6, 6.07) is 0. The van der Waals surface area contributed by atoms with E-state index in [0.29, 0.717) is 0 Å². The fraction of sp³-hybridized carbons (Fsp3) is 0.600. The van der Waals surface area contributed by atoms with Gasteiger partial charge in [0.25, 0.3) is 0 Å². The molecule has 8 heteroatoms. The molecule has 0 amide bonds. The van der Waals surface area contributed by atoms with Crippen LogP contribution in [-0.2, 0) is 10.5 Å². The van der Waals surface area contributed by atoms with E-state index in [1.165, 1.54) is 6.42 Å². The summed E-state index contributed by atoms with van der Waals surface area (Å²) in [4.78, 5) is 0. The Balaban J connectivity index is 0.000000360.